The van der Waals surface area contributed by atoms with E-state index in [9.17, 15) is 4.79 Å². The summed E-state index contributed by atoms with van der Waals surface area (Å²) in [4.78, 5) is 15.8. The van der Waals surface area contributed by atoms with E-state index in [2.05, 4.69) is 20.9 Å². The third-order valence-corrected chi connectivity index (χ3v) is 3.42. The number of carbonyl (C=O) groups is 1. The number of primary amides is 1. The number of fused-ring (bicyclic) bond motifs is 1. The van der Waals surface area contributed by atoms with E-state index in [4.69, 9.17) is 5.73 Å². The second kappa shape index (κ2) is 4.51. The largest absolute Gasteiger partial charge is 0.365 e. The van der Waals surface area contributed by atoms with Gasteiger partial charge in [0.25, 0.3) is 5.91 Å². The molecule has 1 aromatic carbocycles. The molecule has 2 heterocycles. The van der Waals surface area contributed by atoms with Crippen molar-refractivity contribution in [1.82, 2.24) is 9.38 Å². The molecule has 3 rings (SSSR count). The summed E-state index contributed by atoms with van der Waals surface area (Å²) in [6, 6.07) is 11.3. The third kappa shape index (κ3) is 2.13. The summed E-state index contributed by atoms with van der Waals surface area (Å²) in [6.45, 7) is 0. The van der Waals surface area contributed by atoms with Gasteiger partial charge in [-0.1, -0.05) is 28.1 Å². The van der Waals surface area contributed by atoms with Crippen LogP contribution >= 0.6 is 15.9 Å². The van der Waals surface area contributed by atoms with Crippen molar-refractivity contribution in [1.29, 1.82) is 0 Å². The summed E-state index contributed by atoms with van der Waals surface area (Å²) >= 11 is 3.40. The van der Waals surface area contributed by atoms with Gasteiger partial charge in [-0.25, -0.2) is 4.98 Å². The van der Waals surface area contributed by atoms with Crippen molar-refractivity contribution in [2.45, 2.75) is 0 Å². The average molecular weight is 316 g/mol. The number of benzene rings is 1. The fourth-order valence-corrected chi connectivity index (χ4v) is 2.23. The minimum Gasteiger partial charge on any atom is -0.365 e. The molecule has 2 N–H and O–H groups in total. The molecule has 0 saturated carbocycles. The molecule has 0 radical (unpaired) electrons. The summed E-state index contributed by atoms with van der Waals surface area (Å²) in [5, 5.41) is 0. The zero-order valence-corrected chi connectivity index (χ0v) is 11.5. The summed E-state index contributed by atoms with van der Waals surface area (Å²) in [6.07, 6.45) is 3.72. The number of hydrogen-bond donors (Lipinski definition) is 1. The first-order valence-electron chi connectivity index (χ1n) is 5.68. The van der Waals surface area contributed by atoms with E-state index < -0.39 is 5.91 Å². The molecule has 5 heteroatoms. The monoisotopic (exact) mass is 315 g/mol. The number of pyridine rings is 1. The van der Waals surface area contributed by atoms with Crippen molar-refractivity contribution in [2.75, 3.05) is 0 Å². The van der Waals surface area contributed by atoms with E-state index in [1.54, 1.807) is 16.5 Å². The summed E-state index contributed by atoms with van der Waals surface area (Å²) < 4.78 is 2.81. The van der Waals surface area contributed by atoms with Crippen molar-refractivity contribution in [3.63, 3.8) is 0 Å². The number of imidazole rings is 1. The molecule has 0 fully saturated rings. The van der Waals surface area contributed by atoms with Crippen molar-refractivity contribution in [3.8, 4) is 11.3 Å². The van der Waals surface area contributed by atoms with Gasteiger partial charge in [-0.3, -0.25) is 4.79 Å². The number of hydrogen-bond acceptors (Lipinski definition) is 2. The summed E-state index contributed by atoms with van der Waals surface area (Å²) in [5.41, 5.74) is 8.14. The molecule has 0 aliphatic carbocycles. The van der Waals surface area contributed by atoms with Crippen molar-refractivity contribution in [2.24, 2.45) is 5.73 Å². The number of nitrogens with zero attached hydrogens (tertiary/aromatic N) is 2. The van der Waals surface area contributed by atoms with Gasteiger partial charge in [0.1, 0.15) is 5.65 Å². The Hall–Kier alpha value is -2.14. The molecular weight excluding hydrogens is 306 g/mol. The first-order chi connectivity index (χ1) is 9.15. The molecule has 0 atom stereocenters. The van der Waals surface area contributed by atoms with E-state index in [1.807, 2.05) is 36.7 Å². The van der Waals surface area contributed by atoms with Gasteiger partial charge >= 0.3 is 0 Å². The maximum Gasteiger partial charge on any atom is 0.252 e. The van der Waals surface area contributed by atoms with Crippen LogP contribution < -0.4 is 5.73 Å². The fraction of sp³-hybridized carbons (Fsp3) is 0. The van der Waals surface area contributed by atoms with Crippen LogP contribution in [0.1, 0.15) is 10.4 Å². The first kappa shape index (κ1) is 11.9. The van der Waals surface area contributed by atoms with Crippen molar-refractivity contribution < 1.29 is 4.79 Å². The highest BCUT2D eigenvalue weighted by Gasteiger charge is 2.11. The Morgan fingerprint density at radius 3 is 2.63 bits per heavy atom. The van der Waals surface area contributed by atoms with Crippen LogP contribution in [0.25, 0.3) is 16.9 Å². The Balaban J connectivity index is 2.19. The second-order valence-corrected chi connectivity index (χ2v) is 5.07. The Labute approximate surface area is 118 Å². The van der Waals surface area contributed by atoms with Crippen LogP contribution in [0.15, 0.2) is 53.3 Å². The van der Waals surface area contributed by atoms with Gasteiger partial charge in [0.05, 0.1) is 11.3 Å². The molecule has 3 aromatic rings. The SMILES string of the molecule is NC(=O)c1cccn2cc(-c3ccc(Br)cc3)nc12. The van der Waals surface area contributed by atoms with Crippen molar-refractivity contribution in [3.05, 3.63) is 58.8 Å². The Bertz CT molecular complexity index is 762. The number of rotatable bonds is 2. The fourth-order valence-electron chi connectivity index (χ4n) is 1.97. The van der Waals surface area contributed by atoms with E-state index in [-0.39, 0.29) is 0 Å². The van der Waals surface area contributed by atoms with E-state index in [0.29, 0.717) is 11.2 Å². The predicted octanol–water partition coefficient (Wildman–Crippen LogP) is 2.86. The van der Waals surface area contributed by atoms with Crippen LogP contribution in [0, 0.1) is 0 Å². The zero-order chi connectivity index (χ0) is 13.4. The maximum atomic E-state index is 11.4. The van der Waals surface area contributed by atoms with Gasteiger partial charge in [-0.05, 0) is 24.3 Å². The molecular formula is C14H10BrN3O. The third-order valence-electron chi connectivity index (χ3n) is 2.89. The number of carbonyl (C=O) groups excluding carboxylic acids is 1. The Kier molecular flexibility index (Phi) is 2.83. The van der Waals surface area contributed by atoms with Crippen LogP contribution in [0.5, 0.6) is 0 Å². The topological polar surface area (TPSA) is 60.4 Å². The van der Waals surface area contributed by atoms with Gasteiger partial charge in [-0.15, -0.1) is 0 Å². The van der Waals surface area contributed by atoms with Crippen LogP contribution in [0.2, 0.25) is 0 Å². The lowest BCUT2D eigenvalue weighted by molar-refractivity contribution is 0.100. The molecule has 0 aliphatic heterocycles. The minimum atomic E-state index is -0.474. The van der Waals surface area contributed by atoms with Crippen LogP contribution in [-0.4, -0.2) is 15.3 Å². The van der Waals surface area contributed by atoms with Crippen LogP contribution in [0.3, 0.4) is 0 Å². The number of halogens is 1. The van der Waals surface area contributed by atoms with Gasteiger partial charge < -0.3 is 10.1 Å². The smallest absolute Gasteiger partial charge is 0.252 e. The van der Waals surface area contributed by atoms with Gasteiger partial charge in [0.2, 0.25) is 0 Å². The molecule has 2 aromatic heterocycles. The van der Waals surface area contributed by atoms with Crippen LogP contribution in [-0.2, 0) is 0 Å². The predicted molar refractivity (Wildman–Crippen MR) is 76.8 cm³/mol. The molecule has 94 valence electrons. The highest BCUT2D eigenvalue weighted by atomic mass is 79.9. The van der Waals surface area contributed by atoms with Gasteiger partial charge in [-0.2, -0.15) is 0 Å². The first-order valence-corrected chi connectivity index (χ1v) is 6.48. The Morgan fingerprint density at radius 1 is 1.21 bits per heavy atom. The molecule has 0 bridgehead atoms. The molecule has 0 unspecified atom stereocenters. The summed E-state index contributed by atoms with van der Waals surface area (Å²) in [5.74, 6) is -0.474. The minimum absolute atomic E-state index is 0.422. The lowest BCUT2D eigenvalue weighted by Crippen LogP contribution is -2.12. The number of amides is 1. The van der Waals surface area contributed by atoms with Crippen LogP contribution in [0.4, 0.5) is 0 Å². The number of nitrogens with two attached hydrogens (primary N) is 1. The van der Waals surface area contributed by atoms with Gasteiger partial charge in [0, 0.05) is 22.4 Å². The molecule has 0 spiro atoms. The normalized spacial score (nSPS) is 10.8. The molecule has 4 nitrogen and oxygen atoms in total. The number of aromatic nitrogens is 2. The molecule has 19 heavy (non-hydrogen) atoms. The molecule has 1 amide bonds. The highest BCUT2D eigenvalue weighted by molar-refractivity contribution is 9.10. The van der Waals surface area contributed by atoms with E-state index >= 15 is 0 Å². The van der Waals surface area contributed by atoms with Gasteiger partial charge in [0.15, 0.2) is 0 Å². The second-order valence-electron chi connectivity index (χ2n) is 4.15. The standard InChI is InChI=1S/C14H10BrN3O/c15-10-5-3-9(4-6-10)12-8-18-7-1-2-11(13(16)19)14(18)17-12/h1-8H,(H2,16,19). The molecule has 0 aliphatic rings. The lowest BCUT2D eigenvalue weighted by atomic mass is 10.2. The Morgan fingerprint density at radius 2 is 1.95 bits per heavy atom. The summed E-state index contributed by atoms with van der Waals surface area (Å²) in [7, 11) is 0. The lowest BCUT2D eigenvalue weighted by Gasteiger charge is -1.97. The quantitative estimate of drug-likeness (QED) is 0.790. The highest BCUT2D eigenvalue weighted by Crippen LogP contribution is 2.22. The molecule has 0 saturated heterocycles. The average Bonchev–Trinajstić information content (AvgIpc) is 2.82. The maximum absolute atomic E-state index is 11.4. The van der Waals surface area contributed by atoms with Crippen molar-refractivity contribution >= 4 is 27.5 Å². The zero-order valence-electron chi connectivity index (χ0n) is 9.88. The van der Waals surface area contributed by atoms with E-state index in [1.165, 1.54) is 0 Å². The van der Waals surface area contributed by atoms with E-state index in [0.717, 1.165) is 15.7 Å².